The zero-order valence-corrected chi connectivity index (χ0v) is 10.5. The third kappa shape index (κ3) is 2.00. The molecule has 2 aromatic heterocycles. The highest BCUT2D eigenvalue weighted by Gasteiger charge is 2.19. The number of hydrogen-bond acceptors (Lipinski definition) is 4. The van der Waals surface area contributed by atoms with E-state index >= 15 is 0 Å². The number of nitrogens with zero attached hydrogens (tertiary/aromatic N) is 4. The zero-order valence-electron chi connectivity index (χ0n) is 10.5. The molecule has 1 N–H and O–H groups in total. The lowest BCUT2D eigenvalue weighted by Gasteiger charge is -2.20. The Balaban J connectivity index is 2.74. The summed E-state index contributed by atoms with van der Waals surface area (Å²) in [5.41, 5.74) is 0.953. The summed E-state index contributed by atoms with van der Waals surface area (Å²) in [5, 5.41) is 9.80. The molecule has 0 saturated carbocycles. The summed E-state index contributed by atoms with van der Waals surface area (Å²) in [7, 11) is 0. The fraction of sp³-hybridized carbons (Fsp3) is 0.417. The van der Waals surface area contributed by atoms with Gasteiger partial charge in [0.2, 0.25) is 5.88 Å². The number of rotatable bonds is 1. The standard InChI is InChI=1S/C12H16N4O/c1-5-6-8-14-10-9(11(17)15-8)13-7-16(10)12(2,3)4/h5-7H,1-4H3,(H,14,15,17)/b6-5+. The van der Waals surface area contributed by atoms with Gasteiger partial charge in [-0.2, -0.15) is 4.98 Å². The molecule has 0 radical (unpaired) electrons. The van der Waals surface area contributed by atoms with E-state index in [0.717, 1.165) is 0 Å². The van der Waals surface area contributed by atoms with Crippen LogP contribution in [0.4, 0.5) is 0 Å². The highest BCUT2D eigenvalue weighted by molar-refractivity contribution is 5.77. The predicted octanol–water partition coefficient (Wildman–Crippen LogP) is 2.32. The van der Waals surface area contributed by atoms with Crippen molar-refractivity contribution in [3.05, 3.63) is 18.2 Å². The molecule has 0 saturated heterocycles. The molecule has 2 aromatic rings. The molecule has 0 spiro atoms. The van der Waals surface area contributed by atoms with Gasteiger partial charge < -0.3 is 9.67 Å². The Kier molecular flexibility index (Phi) is 2.61. The normalized spacial score (nSPS) is 12.7. The largest absolute Gasteiger partial charge is 0.492 e. The summed E-state index contributed by atoms with van der Waals surface area (Å²) >= 11 is 0. The molecule has 0 aliphatic carbocycles. The van der Waals surface area contributed by atoms with Crippen LogP contribution in [-0.2, 0) is 5.54 Å². The van der Waals surface area contributed by atoms with E-state index in [1.807, 2.05) is 17.6 Å². The number of aromatic nitrogens is 4. The molecule has 0 aromatic carbocycles. The van der Waals surface area contributed by atoms with Crippen molar-refractivity contribution in [1.82, 2.24) is 19.5 Å². The van der Waals surface area contributed by atoms with E-state index in [1.54, 1.807) is 12.4 Å². The van der Waals surface area contributed by atoms with E-state index in [-0.39, 0.29) is 11.4 Å². The van der Waals surface area contributed by atoms with Crippen molar-refractivity contribution in [3.8, 4) is 5.88 Å². The van der Waals surface area contributed by atoms with Crippen LogP contribution in [0.3, 0.4) is 0 Å². The molecule has 90 valence electrons. The van der Waals surface area contributed by atoms with E-state index in [9.17, 15) is 5.11 Å². The van der Waals surface area contributed by atoms with E-state index in [2.05, 4.69) is 35.7 Å². The highest BCUT2D eigenvalue weighted by atomic mass is 16.3. The fourth-order valence-electron chi connectivity index (χ4n) is 1.62. The summed E-state index contributed by atoms with van der Waals surface area (Å²) < 4.78 is 1.93. The van der Waals surface area contributed by atoms with Crippen molar-refractivity contribution < 1.29 is 5.11 Å². The van der Waals surface area contributed by atoms with E-state index < -0.39 is 0 Å². The first-order valence-corrected chi connectivity index (χ1v) is 5.50. The summed E-state index contributed by atoms with van der Waals surface area (Å²) in [6, 6.07) is 0. The monoisotopic (exact) mass is 232 g/mol. The van der Waals surface area contributed by atoms with Gasteiger partial charge in [-0.1, -0.05) is 6.08 Å². The van der Waals surface area contributed by atoms with Crippen molar-refractivity contribution in [2.24, 2.45) is 0 Å². The molecule has 0 aliphatic rings. The summed E-state index contributed by atoms with van der Waals surface area (Å²) in [6.45, 7) is 8.06. The van der Waals surface area contributed by atoms with Gasteiger partial charge in [0.15, 0.2) is 17.0 Å². The van der Waals surface area contributed by atoms with Crippen LogP contribution < -0.4 is 0 Å². The van der Waals surface area contributed by atoms with Crippen molar-refractivity contribution in [1.29, 1.82) is 0 Å². The maximum atomic E-state index is 9.80. The van der Waals surface area contributed by atoms with Gasteiger partial charge in [0.1, 0.15) is 0 Å². The van der Waals surface area contributed by atoms with Gasteiger partial charge in [-0.15, -0.1) is 0 Å². The minimum absolute atomic E-state index is 0.0777. The topological polar surface area (TPSA) is 63.8 Å². The summed E-state index contributed by atoms with van der Waals surface area (Å²) in [6.07, 6.45) is 5.26. The van der Waals surface area contributed by atoms with Gasteiger partial charge >= 0.3 is 0 Å². The average Bonchev–Trinajstić information content (AvgIpc) is 2.61. The highest BCUT2D eigenvalue weighted by Crippen LogP contribution is 2.25. The van der Waals surface area contributed by atoms with Crippen LogP contribution >= 0.6 is 0 Å². The van der Waals surface area contributed by atoms with E-state index in [0.29, 0.717) is 17.0 Å². The van der Waals surface area contributed by atoms with E-state index in [4.69, 9.17) is 0 Å². The van der Waals surface area contributed by atoms with Crippen molar-refractivity contribution in [2.75, 3.05) is 0 Å². The second kappa shape index (κ2) is 3.84. The van der Waals surface area contributed by atoms with Crippen LogP contribution in [0.1, 0.15) is 33.5 Å². The molecule has 0 bridgehead atoms. The molecule has 5 nitrogen and oxygen atoms in total. The van der Waals surface area contributed by atoms with Gasteiger partial charge in [0.25, 0.3) is 0 Å². The molecular formula is C12H16N4O. The molecule has 0 unspecified atom stereocenters. The van der Waals surface area contributed by atoms with Crippen LogP contribution in [0.25, 0.3) is 17.2 Å². The van der Waals surface area contributed by atoms with Gasteiger partial charge in [-0.05, 0) is 33.8 Å². The summed E-state index contributed by atoms with van der Waals surface area (Å²) in [4.78, 5) is 12.5. The lowest BCUT2D eigenvalue weighted by molar-refractivity contribution is 0.405. The molecule has 5 heteroatoms. The molecule has 0 amide bonds. The molecule has 0 atom stereocenters. The maximum absolute atomic E-state index is 9.80. The molecule has 2 heterocycles. The van der Waals surface area contributed by atoms with Crippen LogP contribution in [-0.4, -0.2) is 24.6 Å². The van der Waals surface area contributed by atoms with Gasteiger partial charge in [-0.25, -0.2) is 9.97 Å². The Morgan fingerprint density at radius 1 is 1.29 bits per heavy atom. The summed E-state index contributed by atoms with van der Waals surface area (Å²) in [5.74, 6) is 0.412. The molecule has 0 aliphatic heterocycles. The minimum Gasteiger partial charge on any atom is -0.492 e. The Labute approximate surface area is 99.9 Å². The molecule has 17 heavy (non-hydrogen) atoms. The second-order valence-corrected chi connectivity index (χ2v) is 4.86. The second-order valence-electron chi connectivity index (χ2n) is 4.86. The average molecular weight is 232 g/mol. The quantitative estimate of drug-likeness (QED) is 0.819. The third-order valence-corrected chi connectivity index (χ3v) is 2.43. The number of aromatic hydroxyl groups is 1. The number of allylic oxidation sites excluding steroid dienone is 1. The number of fused-ring (bicyclic) bond motifs is 1. The lowest BCUT2D eigenvalue weighted by Crippen LogP contribution is -2.21. The van der Waals surface area contributed by atoms with Gasteiger partial charge in [0, 0.05) is 5.54 Å². The van der Waals surface area contributed by atoms with Crippen molar-refractivity contribution >= 4 is 17.2 Å². The first-order valence-electron chi connectivity index (χ1n) is 5.50. The first kappa shape index (κ1) is 11.6. The third-order valence-electron chi connectivity index (χ3n) is 2.43. The van der Waals surface area contributed by atoms with Crippen molar-refractivity contribution in [3.63, 3.8) is 0 Å². The zero-order chi connectivity index (χ0) is 12.6. The minimum atomic E-state index is -0.136. The van der Waals surface area contributed by atoms with Gasteiger partial charge in [-0.3, -0.25) is 0 Å². The smallest absolute Gasteiger partial charge is 0.243 e. The SMILES string of the molecule is C/C=C/c1nc(O)c2ncn(C(C)(C)C)c2n1. The predicted molar refractivity (Wildman–Crippen MR) is 66.7 cm³/mol. The van der Waals surface area contributed by atoms with Crippen LogP contribution in [0.5, 0.6) is 5.88 Å². The lowest BCUT2D eigenvalue weighted by atomic mass is 10.1. The Hall–Kier alpha value is -1.91. The number of hydrogen-bond donors (Lipinski definition) is 1. The Bertz CT molecular complexity index is 578. The number of imidazole rings is 1. The molecular weight excluding hydrogens is 216 g/mol. The van der Waals surface area contributed by atoms with Crippen LogP contribution in [0.2, 0.25) is 0 Å². The molecule has 0 fully saturated rings. The Morgan fingerprint density at radius 2 is 2.00 bits per heavy atom. The van der Waals surface area contributed by atoms with Gasteiger partial charge in [0.05, 0.1) is 6.33 Å². The van der Waals surface area contributed by atoms with Crippen LogP contribution in [0.15, 0.2) is 12.4 Å². The van der Waals surface area contributed by atoms with Crippen molar-refractivity contribution in [2.45, 2.75) is 33.2 Å². The van der Waals surface area contributed by atoms with Crippen LogP contribution in [0, 0.1) is 0 Å². The van der Waals surface area contributed by atoms with E-state index in [1.165, 1.54) is 0 Å². The maximum Gasteiger partial charge on any atom is 0.243 e. The molecule has 2 rings (SSSR count). The Morgan fingerprint density at radius 3 is 2.59 bits per heavy atom. The first-order chi connectivity index (χ1) is 7.93. The fourth-order valence-corrected chi connectivity index (χ4v) is 1.62.